The van der Waals surface area contributed by atoms with Gasteiger partial charge in [-0.05, 0) is 38.1 Å². The highest BCUT2D eigenvalue weighted by molar-refractivity contribution is 6.30. The van der Waals surface area contributed by atoms with Crippen LogP contribution in [-0.2, 0) is 4.79 Å². The number of hydrogen-bond acceptors (Lipinski definition) is 3. The molecule has 96 valence electrons. The maximum atomic E-state index is 12.0. The minimum absolute atomic E-state index is 0.0652. The minimum Gasteiger partial charge on any atom is -0.512 e. The molecule has 0 atom stereocenters. The third-order valence-corrected chi connectivity index (χ3v) is 2.64. The number of carbonyl (C=O) groups excluding carboxylic acids is 1. The molecule has 5 heteroatoms. The SMILES string of the molecule is CN=C(C)C(C(=O)Nc1ccc(Cl)cc1)=C(C)O. The molecule has 1 rings (SSSR count). The van der Waals surface area contributed by atoms with Gasteiger partial charge in [-0.25, -0.2) is 0 Å². The van der Waals surface area contributed by atoms with Crippen LogP contribution in [0.4, 0.5) is 5.69 Å². The molecule has 0 aliphatic heterocycles. The quantitative estimate of drug-likeness (QED) is 0.501. The standard InChI is InChI=1S/C13H15ClN2O2/c1-8(15-3)12(9(2)17)13(18)16-11-6-4-10(14)5-7-11/h4-7,17H,1-3H3,(H,16,18). The Bertz CT molecular complexity index is 500. The third kappa shape index (κ3) is 3.60. The average Bonchev–Trinajstić information content (AvgIpc) is 2.31. The summed E-state index contributed by atoms with van der Waals surface area (Å²) >= 11 is 5.75. The Labute approximate surface area is 111 Å². The van der Waals surface area contributed by atoms with Gasteiger partial charge in [0.15, 0.2) is 0 Å². The summed E-state index contributed by atoms with van der Waals surface area (Å²) < 4.78 is 0. The van der Waals surface area contributed by atoms with Gasteiger partial charge in [0, 0.05) is 23.5 Å². The molecule has 0 spiro atoms. The van der Waals surface area contributed by atoms with Gasteiger partial charge in [0.1, 0.15) is 5.76 Å². The van der Waals surface area contributed by atoms with E-state index in [1.165, 1.54) is 6.92 Å². The van der Waals surface area contributed by atoms with Crippen molar-refractivity contribution in [2.45, 2.75) is 13.8 Å². The average molecular weight is 267 g/mol. The number of benzene rings is 1. The highest BCUT2D eigenvalue weighted by Gasteiger charge is 2.16. The molecule has 1 amide bonds. The van der Waals surface area contributed by atoms with Crippen molar-refractivity contribution in [1.82, 2.24) is 0 Å². The number of aliphatic hydroxyl groups excluding tert-OH is 1. The largest absolute Gasteiger partial charge is 0.512 e. The number of aliphatic hydroxyl groups is 1. The van der Waals surface area contributed by atoms with E-state index in [1.54, 1.807) is 38.2 Å². The van der Waals surface area contributed by atoms with Crippen LogP contribution in [0, 0.1) is 0 Å². The van der Waals surface area contributed by atoms with E-state index in [0.29, 0.717) is 16.4 Å². The number of amides is 1. The van der Waals surface area contributed by atoms with E-state index in [1.807, 2.05) is 0 Å². The lowest BCUT2D eigenvalue weighted by molar-refractivity contribution is -0.112. The second-order valence-electron chi connectivity index (χ2n) is 3.73. The number of hydrogen-bond donors (Lipinski definition) is 2. The van der Waals surface area contributed by atoms with Crippen LogP contribution in [0.15, 0.2) is 40.6 Å². The van der Waals surface area contributed by atoms with Crippen molar-refractivity contribution in [1.29, 1.82) is 0 Å². The van der Waals surface area contributed by atoms with E-state index < -0.39 is 5.91 Å². The molecule has 0 bridgehead atoms. The lowest BCUT2D eigenvalue weighted by atomic mass is 10.1. The van der Waals surface area contributed by atoms with Gasteiger partial charge in [0.2, 0.25) is 0 Å². The second kappa shape index (κ2) is 6.21. The normalized spacial score (nSPS) is 13.0. The Morgan fingerprint density at radius 3 is 2.28 bits per heavy atom. The van der Waals surface area contributed by atoms with Gasteiger partial charge >= 0.3 is 0 Å². The molecule has 0 aliphatic carbocycles. The molecule has 0 aliphatic rings. The maximum Gasteiger partial charge on any atom is 0.260 e. The minimum atomic E-state index is -0.402. The van der Waals surface area contributed by atoms with E-state index in [9.17, 15) is 9.90 Å². The van der Waals surface area contributed by atoms with Gasteiger partial charge in [-0.2, -0.15) is 0 Å². The van der Waals surface area contributed by atoms with Crippen molar-refractivity contribution in [3.8, 4) is 0 Å². The number of rotatable bonds is 3. The molecule has 0 unspecified atom stereocenters. The summed E-state index contributed by atoms with van der Waals surface area (Å²) in [6.07, 6.45) is 0. The van der Waals surface area contributed by atoms with Crippen LogP contribution in [-0.4, -0.2) is 23.8 Å². The molecule has 0 saturated carbocycles. The second-order valence-corrected chi connectivity index (χ2v) is 4.17. The van der Waals surface area contributed by atoms with Gasteiger partial charge in [-0.1, -0.05) is 11.6 Å². The van der Waals surface area contributed by atoms with Gasteiger partial charge in [-0.15, -0.1) is 0 Å². The first kappa shape index (κ1) is 14.3. The van der Waals surface area contributed by atoms with E-state index >= 15 is 0 Å². The van der Waals surface area contributed by atoms with Gasteiger partial charge in [-0.3, -0.25) is 9.79 Å². The molecule has 4 nitrogen and oxygen atoms in total. The zero-order valence-corrected chi connectivity index (χ0v) is 11.2. The fourth-order valence-corrected chi connectivity index (χ4v) is 1.56. The molecular formula is C13H15ClN2O2. The molecule has 0 fully saturated rings. The molecule has 0 saturated heterocycles. The maximum absolute atomic E-state index is 12.0. The summed E-state index contributed by atoms with van der Waals surface area (Å²) in [5.74, 6) is -0.468. The fraction of sp³-hybridized carbons (Fsp3) is 0.231. The van der Waals surface area contributed by atoms with Gasteiger partial charge in [0.25, 0.3) is 5.91 Å². The first-order valence-corrected chi connectivity index (χ1v) is 5.74. The van der Waals surface area contributed by atoms with Crippen molar-refractivity contribution >= 4 is 28.9 Å². The molecule has 0 aromatic heterocycles. The third-order valence-electron chi connectivity index (χ3n) is 2.39. The number of halogens is 1. The molecule has 2 N–H and O–H groups in total. The lowest BCUT2D eigenvalue weighted by Crippen LogP contribution is -2.20. The molecule has 1 aromatic rings. The Balaban J connectivity index is 2.94. The summed E-state index contributed by atoms with van der Waals surface area (Å²) in [4.78, 5) is 15.9. The first-order chi connectivity index (χ1) is 8.45. The van der Waals surface area contributed by atoms with Crippen molar-refractivity contribution in [2.75, 3.05) is 12.4 Å². The highest BCUT2D eigenvalue weighted by Crippen LogP contribution is 2.15. The smallest absolute Gasteiger partial charge is 0.260 e. The zero-order valence-electron chi connectivity index (χ0n) is 10.5. The van der Waals surface area contributed by atoms with Crippen molar-refractivity contribution in [2.24, 2.45) is 4.99 Å². The van der Waals surface area contributed by atoms with E-state index in [4.69, 9.17) is 11.6 Å². The van der Waals surface area contributed by atoms with Crippen molar-refractivity contribution in [3.63, 3.8) is 0 Å². The Hall–Kier alpha value is -1.81. The zero-order chi connectivity index (χ0) is 13.7. The predicted molar refractivity (Wildman–Crippen MR) is 74.4 cm³/mol. The van der Waals surface area contributed by atoms with Gasteiger partial charge < -0.3 is 10.4 Å². The van der Waals surface area contributed by atoms with Crippen LogP contribution >= 0.6 is 11.6 Å². The summed E-state index contributed by atoms with van der Waals surface area (Å²) in [6.45, 7) is 3.11. The topological polar surface area (TPSA) is 61.7 Å². The van der Waals surface area contributed by atoms with Crippen LogP contribution in [0.3, 0.4) is 0 Å². The van der Waals surface area contributed by atoms with E-state index in [-0.39, 0.29) is 11.3 Å². The summed E-state index contributed by atoms with van der Waals surface area (Å²) in [5, 5.41) is 12.8. The summed E-state index contributed by atoms with van der Waals surface area (Å²) in [5.41, 5.74) is 1.25. The number of aliphatic imine (C=N–C) groups is 1. The Morgan fingerprint density at radius 1 is 1.28 bits per heavy atom. The monoisotopic (exact) mass is 266 g/mol. The number of allylic oxidation sites excluding steroid dienone is 1. The summed E-state index contributed by atoms with van der Waals surface area (Å²) in [6, 6.07) is 6.71. The number of anilines is 1. The van der Waals surface area contributed by atoms with E-state index in [0.717, 1.165) is 0 Å². The number of nitrogens with one attached hydrogen (secondary N) is 1. The Kier molecular flexibility index (Phi) is 4.92. The summed E-state index contributed by atoms with van der Waals surface area (Å²) in [7, 11) is 1.56. The molecular weight excluding hydrogens is 252 g/mol. The predicted octanol–water partition coefficient (Wildman–Crippen LogP) is 3.20. The van der Waals surface area contributed by atoms with E-state index in [2.05, 4.69) is 10.3 Å². The molecule has 18 heavy (non-hydrogen) atoms. The molecule has 0 radical (unpaired) electrons. The first-order valence-electron chi connectivity index (χ1n) is 5.36. The fourth-order valence-electron chi connectivity index (χ4n) is 1.43. The molecule has 1 aromatic carbocycles. The number of carbonyl (C=O) groups is 1. The highest BCUT2D eigenvalue weighted by atomic mass is 35.5. The van der Waals surface area contributed by atoms with Crippen molar-refractivity contribution < 1.29 is 9.90 Å². The van der Waals surface area contributed by atoms with Crippen LogP contribution in [0.1, 0.15) is 13.8 Å². The number of nitrogens with zero attached hydrogens (tertiary/aromatic N) is 1. The van der Waals surface area contributed by atoms with Crippen molar-refractivity contribution in [3.05, 3.63) is 40.6 Å². The molecule has 0 heterocycles. The lowest BCUT2D eigenvalue weighted by Gasteiger charge is -2.09. The van der Waals surface area contributed by atoms with Gasteiger partial charge in [0.05, 0.1) is 5.57 Å². The van der Waals surface area contributed by atoms with Crippen LogP contribution in [0.5, 0.6) is 0 Å². The van der Waals surface area contributed by atoms with Crippen LogP contribution in [0.2, 0.25) is 5.02 Å². The van der Waals surface area contributed by atoms with Crippen LogP contribution in [0.25, 0.3) is 0 Å². The van der Waals surface area contributed by atoms with Crippen LogP contribution < -0.4 is 5.32 Å². The Morgan fingerprint density at radius 2 is 1.83 bits per heavy atom.